The van der Waals surface area contributed by atoms with Gasteiger partial charge in [0.2, 0.25) is 17.7 Å². The van der Waals surface area contributed by atoms with E-state index in [0.717, 1.165) is 0 Å². The maximum Gasteiger partial charge on any atom is 0.363 e. The molecule has 0 atom stereocenters. The summed E-state index contributed by atoms with van der Waals surface area (Å²) >= 11 is 0. The van der Waals surface area contributed by atoms with Crippen LogP contribution in [0.3, 0.4) is 0 Å². The summed E-state index contributed by atoms with van der Waals surface area (Å²) in [5.74, 6) is 0.586. The van der Waals surface area contributed by atoms with Crippen LogP contribution in [0.25, 0.3) is 0 Å². The number of carbonyl (C=O) groups excluding carboxylic acids is 1. The highest BCUT2D eigenvalue weighted by Gasteiger charge is 2.17. The van der Waals surface area contributed by atoms with Crippen LogP contribution in [0.15, 0.2) is 36.4 Å². The molecule has 146 valence electrons. The number of para-hydroxylation sites is 1. The molecule has 0 unspecified atom stereocenters. The van der Waals surface area contributed by atoms with Crippen molar-refractivity contribution in [2.24, 2.45) is 0 Å². The molecule has 1 aromatic heterocycles. The normalized spacial score (nSPS) is 10.7. The molecule has 0 aliphatic heterocycles. The minimum atomic E-state index is -4.35. The number of nitrogens with one attached hydrogen (secondary N) is 2. The lowest BCUT2D eigenvalue weighted by Gasteiger charge is -2.10. The highest BCUT2D eigenvalue weighted by molar-refractivity contribution is 7.85. The molecule has 0 spiro atoms. The minimum absolute atomic E-state index is 0.0251. The van der Waals surface area contributed by atoms with Crippen molar-refractivity contribution in [2.45, 2.75) is 0 Å². The molecule has 2 aromatic rings. The molecule has 0 aliphatic carbocycles. The first-order valence-corrected chi connectivity index (χ1v) is 8.96. The standard InChI is InChI=1S/C15H18N4O7S/c1-23-12-10-13(24-2)17-14(16-12)18-15(20)19-27(21,22)26-9-8-25-11-6-4-3-5-7-11/h3-7,10H,8-9H2,1-2H3,(H2,16,17,18,19,20). The van der Waals surface area contributed by atoms with Crippen molar-refractivity contribution in [1.82, 2.24) is 14.7 Å². The predicted octanol–water partition coefficient (Wildman–Crippen LogP) is 0.956. The second-order valence-corrected chi connectivity index (χ2v) is 6.12. The number of carbonyl (C=O) groups is 1. The number of hydrogen-bond acceptors (Lipinski definition) is 9. The van der Waals surface area contributed by atoms with Gasteiger partial charge in [0.25, 0.3) is 0 Å². The number of amides is 2. The molecule has 1 heterocycles. The Balaban J connectivity index is 1.83. The van der Waals surface area contributed by atoms with Crippen LogP contribution in [0.1, 0.15) is 0 Å². The molecular weight excluding hydrogens is 380 g/mol. The van der Waals surface area contributed by atoms with E-state index in [1.165, 1.54) is 20.3 Å². The molecule has 0 saturated heterocycles. The van der Waals surface area contributed by atoms with E-state index in [9.17, 15) is 13.2 Å². The SMILES string of the molecule is COc1cc(OC)nc(NC(=O)NS(=O)(=O)OCCOc2ccccc2)n1. The van der Waals surface area contributed by atoms with Crippen molar-refractivity contribution in [2.75, 3.05) is 32.8 Å². The van der Waals surface area contributed by atoms with Gasteiger partial charge in [-0.05, 0) is 12.1 Å². The Hall–Kier alpha value is -3.12. The largest absolute Gasteiger partial charge is 0.491 e. The summed E-state index contributed by atoms with van der Waals surface area (Å²) in [5.41, 5.74) is 0. The van der Waals surface area contributed by atoms with Crippen molar-refractivity contribution in [3.8, 4) is 17.5 Å². The molecule has 0 radical (unpaired) electrons. The Labute approximate surface area is 155 Å². The van der Waals surface area contributed by atoms with Gasteiger partial charge in [0.15, 0.2) is 0 Å². The predicted molar refractivity (Wildman–Crippen MR) is 94.1 cm³/mol. The van der Waals surface area contributed by atoms with Crippen LogP contribution in [0, 0.1) is 0 Å². The third-order valence-electron chi connectivity index (χ3n) is 2.87. The fraction of sp³-hybridized carbons (Fsp3) is 0.267. The van der Waals surface area contributed by atoms with Crippen molar-refractivity contribution in [3.05, 3.63) is 36.4 Å². The number of hydrogen-bond donors (Lipinski definition) is 2. The smallest absolute Gasteiger partial charge is 0.363 e. The molecule has 12 heteroatoms. The molecule has 2 N–H and O–H groups in total. The number of aromatic nitrogens is 2. The second kappa shape index (κ2) is 9.54. The van der Waals surface area contributed by atoms with Crippen LogP contribution >= 0.6 is 0 Å². The van der Waals surface area contributed by atoms with Crippen LogP contribution in [0.2, 0.25) is 0 Å². The van der Waals surface area contributed by atoms with E-state index in [0.29, 0.717) is 5.75 Å². The summed E-state index contributed by atoms with van der Waals surface area (Å²) in [6.07, 6.45) is 0. The van der Waals surface area contributed by atoms with E-state index < -0.39 is 16.3 Å². The van der Waals surface area contributed by atoms with E-state index in [1.54, 1.807) is 29.0 Å². The zero-order valence-corrected chi connectivity index (χ0v) is 15.4. The molecule has 1 aromatic carbocycles. The van der Waals surface area contributed by atoms with E-state index in [-0.39, 0.29) is 30.9 Å². The van der Waals surface area contributed by atoms with Gasteiger partial charge in [0, 0.05) is 0 Å². The van der Waals surface area contributed by atoms with Gasteiger partial charge < -0.3 is 14.2 Å². The summed E-state index contributed by atoms with van der Waals surface area (Å²) in [6.45, 7) is -0.316. The van der Waals surface area contributed by atoms with Gasteiger partial charge >= 0.3 is 16.3 Å². The Morgan fingerprint density at radius 3 is 2.26 bits per heavy atom. The first-order valence-electron chi connectivity index (χ1n) is 7.55. The number of urea groups is 1. The average Bonchev–Trinajstić information content (AvgIpc) is 2.65. The van der Waals surface area contributed by atoms with E-state index in [2.05, 4.69) is 19.5 Å². The molecular formula is C15H18N4O7S. The highest BCUT2D eigenvalue weighted by Crippen LogP contribution is 2.17. The third kappa shape index (κ3) is 6.95. The summed E-state index contributed by atoms with van der Waals surface area (Å²) in [5, 5.41) is 2.14. The molecule has 2 amide bonds. The maximum absolute atomic E-state index is 11.8. The van der Waals surface area contributed by atoms with Gasteiger partial charge in [-0.3, -0.25) is 9.50 Å². The summed E-state index contributed by atoms with van der Waals surface area (Å²) in [7, 11) is -1.62. The minimum Gasteiger partial charge on any atom is -0.491 e. The molecule has 27 heavy (non-hydrogen) atoms. The lowest BCUT2D eigenvalue weighted by Crippen LogP contribution is -2.36. The molecule has 0 aliphatic rings. The zero-order valence-electron chi connectivity index (χ0n) is 14.5. The zero-order chi connectivity index (χ0) is 19.7. The molecule has 2 rings (SSSR count). The average molecular weight is 398 g/mol. The van der Waals surface area contributed by atoms with Crippen LogP contribution < -0.4 is 24.2 Å². The molecule has 0 saturated carbocycles. The van der Waals surface area contributed by atoms with E-state index in [4.69, 9.17) is 14.2 Å². The van der Waals surface area contributed by atoms with Gasteiger partial charge in [-0.1, -0.05) is 18.2 Å². The number of anilines is 1. The Bertz CT molecular complexity index is 839. The number of ether oxygens (including phenoxy) is 3. The molecule has 0 fully saturated rings. The fourth-order valence-corrected chi connectivity index (χ4v) is 2.38. The summed E-state index contributed by atoms with van der Waals surface area (Å²) < 4.78 is 44.9. The first-order chi connectivity index (χ1) is 12.9. The van der Waals surface area contributed by atoms with Crippen molar-refractivity contribution >= 4 is 22.3 Å². The monoisotopic (exact) mass is 398 g/mol. The van der Waals surface area contributed by atoms with E-state index >= 15 is 0 Å². The summed E-state index contributed by atoms with van der Waals surface area (Å²) in [6, 6.07) is 9.05. The van der Waals surface area contributed by atoms with Crippen molar-refractivity contribution in [3.63, 3.8) is 0 Å². The summed E-state index contributed by atoms with van der Waals surface area (Å²) in [4.78, 5) is 19.5. The van der Waals surface area contributed by atoms with Gasteiger partial charge in [-0.2, -0.15) is 18.4 Å². The van der Waals surface area contributed by atoms with Gasteiger partial charge in [0.05, 0.1) is 20.3 Å². The number of methoxy groups -OCH3 is 2. The Morgan fingerprint density at radius 2 is 1.67 bits per heavy atom. The topological polar surface area (TPSA) is 138 Å². The van der Waals surface area contributed by atoms with Crippen LogP contribution in [-0.2, 0) is 14.5 Å². The van der Waals surface area contributed by atoms with Crippen molar-refractivity contribution < 1.29 is 31.6 Å². The quantitative estimate of drug-likeness (QED) is 0.591. The Morgan fingerprint density at radius 1 is 1.04 bits per heavy atom. The fourth-order valence-electron chi connectivity index (χ4n) is 1.76. The van der Waals surface area contributed by atoms with E-state index in [1.807, 2.05) is 6.07 Å². The lowest BCUT2D eigenvalue weighted by atomic mass is 10.3. The van der Waals surface area contributed by atoms with Gasteiger partial charge in [-0.15, -0.1) is 0 Å². The molecule has 0 bridgehead atoms. The van der Waals surface area contributed by atoms with Crippen molar-refractivity contribution in [1.29, 1.82) is 0 Å². The number of benzene rings is 1. The van der Waals surface area contributed by atoms with Crippen LogP contribution in [-0.4, -0.2) is 51.9 Å². The van der Waals surface area contributed by atoms with Crippen LogP contribution in [0.5, 0.6) is 17.5 Å². The van der Waals surface area contributed by atoms with Crippen LogP contribution in [0.4, 0.5) is 10.7 Å². The lowest BCUT2D eigenvalue weighted by molar-refractivity contribution is 0.217. The molecule has 11 nitrogen and oxygen atoms in total. The maximum atomic E-state index is 11.8. The van der Waals surface area contributed by atoms with Gasteiger partial charge in [0.1, 0.15) is 19.0 Å². The third-order valence-corrected chi connectivity index (χ3v) is 3.79. The number of nitrogens with zero attached hydrogens (tertiary/aromatic N) is 2. The first kappa shape index (κ1) is 20.2. The van der Waals surface area contributed by atoms with Gasteiger partial charge in [-0.25, -0.2) is 9.52 Å². The highest BCUT2D eigenvalue weighted by atomic mass is 32.2. The second-order valence-electron chi connectivity index (χ2n) is 4.77. The number of rotatable bonds is 9. The Kier molecular flexibility index (Phi) is 7.14.